The van der Waals surface area contributed by atoms with E-state index in [1.807, 2.05) is 0 Å². The number of isothiocyanates is 1. The minimum atomic E-state index is -1.17. The average Bonchev–Trinajstić information content (AvgIpc) is 3.03. The third-order valence-corrected chi connectivity index (χ3v) is 8.42. The van der Waals surface area contributed by atoms with Crippen molar-refractivity contribution in [1.82, 2.24) is 29.4 Å². The summed E-state index contributed by atoms with van der Waals surface area (Å²) in [5, 5.41) is 60.4. The molecule has 6 N–H and O–H groups in total. The molecule has 1 atom stereocenters. The Bertz CT molecular complexity index is 1420. The van der Waals surface area contributed by atoms with Crippen molar-refractivity contribution in [3.05, 3.63) is 29.8 Å². The normalized spacial score (nSPS) is 18.8. The molecule has 0 bridgehead atoms. The maximum absolute atomic E-state index is 12.2. The van der Waals surface area contributed by atoms with Gasteiger partial charge in [-0.05, 0) is 36.3 Å². The Morgan fingerprint density at radius 1 is 0.547 bits per heavy atom. The van der Waals surface area contributed by atoms with Gasteiger partial charge in [0, 0.05) is 122 Å². The molecule has 53 heavy (non-hydrogen) atoms. The smallest absolute Gasteiger partial charge is 0.317 e. The van der Waals surface area contributed by atoms with E-state index in [0.717, 1.165) is 5.56 Å². The summed E-state index contributed by atoms with van der Waals surface area (Å²) in [6.45, 7) is -1.68. The van der Waals surface area contributed by atoms with Crippen LogP contribution in [0, 0.1) is 44.1 Å². The molecule has 0 amide bonds. The van der Waals surface area contributed by atoms with Crippen molar-refractivity contribution >= 4 is 58.9 Å². The van der Waals surface area contributed by atoms with Gasteiger partial charge in [-0.25, -0.2) is 0 Å². The van der Waals surface area contributed by atoms with Crippen LogP contribution in [0.25, 0.3) is 0 Å². The maximum Gasteiger partial charge on any atom is 0.317 e. The zero-order valence-corrected chi connectivity index (χ0v) is 34.9. The summed E-state index contributed by atoms with van der Waals surface area (Å²) in [6.07, 6.45) is 0.249. The molecule has 1 saturated heterocycles. The Morgan fingerprint density at radius 2 is 0.868 bits per heavy atom. The largest absolute Gasteiger partial charge is 0.480 e. The number of hydrogen-bond donors (Lipinski definition) is 6. The molecule has 1 fully saturated rings. The number of aliphatic carboxylic acids is 6. The van der Waals surface area contributed by atoms with Gasteiger partial charge in [-0.2, -0.15) is 4.99 Å². The monoisotopic (exact) mass is 978 g/mol. The van der Waals surface area contributed by atoms with Crippen molar-refractivity contribution in [2.75, 3.05) is 111 Å². The Labute approximate surface area is 348 Å². The molecular formula is C32H47AcN7O12S. The van der Waals surface area contributed by atoms with Crippen molar-refractivity contribution in [1.29, 1.82) is 0 Å². The number of nitrogens with zero attached hydrogens (tertiary/aromatic N) is 7. The second kappa shape index (κ2) is 26.0. The van der Waals surface area contributed by atoms with E-state index in [2.05, 4.69) is 22.4 Å². The van der Waals surface area contributed by atoms with Crippen LogP contribution in [-0.2, 0) is 35.2 Å². The quantitative estimate of drug-likeness (QED) is 0.0879. The van der Waals surface area contributed by atoms with Crippen LogP contribution in [0.5, 0.6) is 0 Å². The molecule has 19 nitrogen and oxygen atoms in total. The molecular weight excluding hydrogens is 931 g/mol. The van der Waals surface area contributed by atoms with E-state index in [-0.39, 0.29) is 122 Å². The maximum atomic E-state index is 12.2. The molecule has 0 aliphatic carbocycles. The minimum Gasteiger partial charge on any atom is -0.480 e. The van der Waals surface area contributed by atoms with Crippen molar-refractivity contribution in [2.24, 2.45) is 4.99 Å². The van der Waals surface area contributed by atoms with Gasteiger partial charge < -0.3 is 30.6 Å². The topological polar surface area (TPSA) is 256 Å². The molecule has 1 aromatic carbocycles. The number of carboxylic acid groups (broad SMARTS) is 6. The summed E-state index contributed by atoms with van der Waals surface area (Å²) in [5.41, 5.74) is 1.30. The molecule has 2 rings (SSSR count). The standard InChI is InChI=1S/C32H47N7O12S.Ac/c40-27(41)17-34-5-6-35(18-28(42)43)9-10-37(20-30(46)47)13-14-39(22-32(50)51)26(15-24-1-3-25(4-2-24)33-23-52)16-38(21-31(48)49)12-11-36(8-7-34)19-29(44)45;/h1-4,26H,5-22H2,(H,40,41)(H,42,43)(H,44,45)(H,46,47)(H,48,49)(H,50,51);/i;1-2. The molecule has 21 heteroatoms. The first-order chi connectivity index (χ1) is 24.6. The average molecular weight is 979 g/mol. The summed E-state index contributed by atoms with van der Waals surface area (Å²) in [7, 11) is 0. The number of benzene rings is 1. The van der Waals surface area contributed by atoms with Gasteiger partial charge in [0.15, 0.2) is 0 Å². The van der Waals surface area contributed by atoms with Gasteiger partial charge in [0.05, 0.1) is 50.1 Å². The van der Waals surface area contributed by atoms with Crippen LogP contribution >= 0.6 is 12.2 Å². The summed E-state index contributed by atoms with van der Waals surface area (Å²) >= 11 is 4.67. The SMILES string of the molecule is O=C(O)CN1CCN(CC(=O)O)CCN(CC(=O)O)CCN(CC(=O)O)C(Cc2ccc(N=C=S)cc2)CN(CC(=O)O)CCN(CC(=O)O)CC1.[225Ac]. The van der Waals surface area contributed by atoms with Gasteiger partial charge in [-0.3, -0.25) is 58.2 Å². The van der Waals surface area contributed by atoms with Gasteiger partial charge in [-0.1, -0.05) is 12.1 Å². The molecule has 1 aliphatic rings. The van der Waals surface area contributed by atoms with Crippen molar-refractivity contribution < 1.29 is 103 Å². The molecule has 1 heterocycles. The fourth-order valence-corrected chi connectivity index (χ4v) is 5.98. The van der Waals surface area contributed by atoms with E-state index in [4.69, 9.17) is 0 Å². The van der Waals surface area contributed by atoms with Crippen molar-refractivity contribution in [3.63, 3.8) is 0 Å². The zero-order chi connectivity index (χ0) is 38.6. The number of rotatable bonds is 15. The molecule has 1 radical (unpaired) electrons. The zero-order valence-electron chi connectivity index (χ0n) is 29.4. The molecule has 1 aliphatic heterocycles. The van der Waals surface area contributed by atoms with E-state index in [9.17, 15) is 59.4 Å². The van der Waals surface area contributed by atoms with Crippen LogP contribution in [0.4, 0.5) is 5.69 Å². The third kappa shape index (κ3) is 21.5. The van der Waals surface area contributed by atoms with E-state index in [1.165, 1.54) is 0 Å². The van der Waals surface area contributed by atoms with Crippen LogP contribution in [-0.4, -0.2) is 218 Å². The molecule has 0 aromatic heterocycles. The molecule has 291 valence electrons. The van der Waals surface area contributed by atoms with Gasteiger partial charge in [-0.15, -0.1) is 0 Å². The Balaban J connectivity index is 0.0000140. The number of thiocarbonyl (C=S) groups is 1. The van der Waals surface area contributed by atoms with E-state index >= 15 is 0 Å². The first kappa shape index (κ1) is 48.1. The van der Waals surface area contributed by atoms with E-state index < -0.39 is 81.1 Å². The van der Waals surface area contributed by atoms with Crippen molar-refractivity contribution in [3.8, 4) is 0 Å². The second-order valence-corrected chi connectivity index (χ2v) is 12.6. The van der Waals surface area contributed by atoms with Crippen LogP contribution < -0.4 is 0 Å². The summed E-state index contributed by atoms with van der Waals surface area (Å²) < 4.78 is 0. The number of aliphatic imine (C=N–C) groups is 1. The summed E-state index contributed by atoms with van der Waals surface area (Å²) in [4.78, 5) is 84.5. The van der Waals surface area contributed by atoms with Gasteiger partial charge in [0.2, 0.25) is 0 Å². The van der Waals surface area contributed by atoms with Crippen LogP contribution in [0.2, 0.25) is 0 Å². The Morgan fingerprint density at radius 3 is 1.21 bits per heavy atom. The predicted molar refractivity (Wildman–Crippen MR) is 188 cm³/mol. The van der Waals surface area contributed by atoms with Crippen LogP contribution in [0.15, 0.2) is 29.3 Å². The number of carbonyl (C=O) groups is 6. The van der Waals surface area contributed by atoms with E-state index in [1.54, 1.807) is 53.7 Å². The Kier molecular flexibility index (Phi) is 23.5. The van der Waals surface area contributed by atoms with Gasteiger partial charge in [0.1, 0.15) is 0 Å². The van der Waals surface area contributed by atoms with Gasteiger partial charge >= 0.3 is 35.8 Å². The van der Waals surface area contributed by atoms with E-state index in [0.29, 0.717) is 5.69 Å². The molecule has 1 aromatic rings. The predicted octanol–water partition coefficient (Wildman–Crippen LogP) is -1.33. The molecule has 0 spiro atoms. The number of carboxylic acids is 6. The third-order valence-electron chi connectivity index (χ3n) is 8.33. The summed E-state index contributed by atoms with van der Waals surface area (Å²) in [5.74, 6) is -6.92. The Hall–Kier alpha value is -2.96. The molecule has 0 saturated carbocycles. The number of hydrogen-bond acceptors (Lipinski definition) is 14. The molecule has 1 unspecified atom stereocenters. The first-order valence-corrected chi connectivity index (χ1v) is 16.9. The fraction of sp³-hybridized carbons (Fsp3) is 0.594. The van der Waals surface area contributed by atoms with Gasteiger partial charge in [0.25, 0.3) is 0 Å². The summed E-state index contributed by atoms with van der Waals surface area (Å²) in [6, 6.07) is 6.30. The van der Waals surface area contributed by atoms with Crippen molar-refractivity contribution in [2.45, 2.75) is 12.5 Å². The second-order valence-electron chi connectivity index (χ2n) is 12.4. The van der Waals surface area contributed by atoms with Crippen LogP contribution in [0.1, 0.15) is 5.56 Å². The first-order valence-electron chi connectivity index (χ1n) is 16.5. The fourth-order valence-electron chi connectivity index (χ4n) is 5.88. The minimum absolute atomic E-state index is 0. The van der Waals surface area contributed by atoms with Crippen LogP contribution in [0.3, 0.4) is 0 Å².